The van der Waals surface area contributed by atoms with Crippen molar-refractivity contribution in [3.63, 3.8) is 0 Å². The molecule has 0 aliphatic heterocycles. The average molecular weight is 284 g/mol. The fourth-order valence-electron chi connectivity index (χ4n) is 1.82. The number of aromatic nitrogens is 2. The van der Waals surface area contributed by atoms with Crippen molar-refractivity contribution in [1.82, 2.24) is 9.97 Å². The second-order valence-corrected chi connectivity index (χ2v) is 4.29. The summed E-state index contributed by atoms with van der Waals surface area (Å²) < 4.78 is 5.24. The molecule has 0 atom stereocenters. The van der Waals surface area contributed by atoms with Gasteiger partial charge < -0.3 is 15.5 Å². The fourth-order valence-corrected chi connectivity index (χ4v) is 1.82. The Balaban J connectivity index is 0.00000132. The first kappa shape index (κ1) is 12.9. The molecule has 2 aromatic heterocycles. The predicted octanol–water partition coefficient (Wildman–Crippen LogP) is 3.06. The summed E-state index contributed by atoms with van der Waals surface area (Å²) in [6.07, 6.45) is 2.99. The summed E-state index contributed by atoms with van der Waals surface area (Å²) in [4.78, 5) is 20.4. The van der Waals surface area contributed by atoms with Gasteiger partial charge in [-0.3, -0.25) is 4.79 Å². The van der Waals surface area contributed by atoms with E-state index in [1.54, 1.807) is 24.3 Å². The van der Waals surface area contributed by atoms with Gasteiger partial charge in [-0.2, -0.15) is 0 Å². The summed E-state index contributed by atoms with van der Waals surface area (Å²) in [6, 6.07) is 12.5. The molecule has 0 spiro atoms. The van der Waals surface area contributed by atoms with Gasteiger partial charge in [0.2, 0.25) is 0 Å². The molecule has 0 unspecified atom stereocenters. The number of carbonyl (C=O) groups excluding carboxylic acids is 1. The number of para-hydroxylation sites is 1. The molecule has 0 bridgehead atoms. The van der Waals surface area contributed by atoms with Crippen molar-refractivity contribution in [1.29, 1.82) is 0 Å². The SMILES string of the molecule is Nc1ncc(-c2ccco2)nc1C(=O)Nc1ccccc1.[HH].[HH]. The van der Waals surface area contributed by atoms with Crippen LogP contribution in [0.4, 0.5) is 11.5 Å². The van der Waals surface area contributed by atoms with E-state index in [4.69, 9.17) is 10.2 Å². The quantitative estimate of drug-likeness (QED) is 0.770. The zero-order chi connectivity index (χ0) is 14.7. The van der Waals surface area contributed by atoms with Crippen molar-refractivity contribution in [2.45, 2.75) is 0 Å². The largest absolute Gasteiger partial charge is 0.463 e. The highest BCUT2D eigenvalue weighted by Crippen LogP contribution is 2.19. The van der Waals surface area contributed by atoms with Crippen LogP contribution in [0.15, 0.2) is 59.3 Å². The van der Waals surface area contributed by atoms with E-state index in [9.17, 15) is 4.79 Å². The molecular formula is C15H16N4O2. The molecule has 0 saturated carbocycles. The van der Waals surface area contributed by atoms with Crippen LogP contribution >= 0.6 is 0 Å². The maximum atomic E-state index is 12.2. The number of anilines is 2. The zero-order valence-corrected chi connectivity index (χ0v) is 11.0. The van der Waals surface area contributed by atoms with E-state index < -0.39 is 5.91 Å². The van der Waals surface area contributed by atoms with E-state index in [0.717, 1.165) is 0 Å². The lowest BCUT2D eigenvalue weighted by Gasteiger charge is -2.07. The molecule has 6 heteroatoms. The van der Waals surface area contributed by atoms with Crippen molar-refractivity contribution >= 4 is 17.4 Å². The van der Waals surface area contributed by atoms with Gasteiger partial charge in [-0.25, -0.2) is 9.97 Å². The van der Waals surface area contributed by atoms with E-state index in [-0.39, 0.29) is 14.4 Å². The summed E-state index contributed by atoms with van der Waals surface area (Å²) in [5.74, 6) is 0.176. The zero-order valence-electron chi connectivity index (χ0n) is 11.0. The van der Waals surface area contributed by atoms with Crippen LogP contribution in [0, 0.1) is 0 Å². The number of benzene rings is 1. The highest BCUT2D eigenvalue weighted by molar-refractivity contribution is 6.05. The molecule has 0 saturated heterocycles. The van der Waals surface area contributed by atoms with Crippen molar-refractivity contribution in [2.24, 2.45) is 0 Å². The number of nitrogens with two attached hydrogens (primary N) is 1. The minimum atomic E-state index is -0.417. The summed E-state index contributed by atoms with van der Waals surface area (Å²) in [6.45, 7) is 0. The smallest absolute Gasteiger partial charge is 0.278 e. The van der Waals surface area contributed by atoms with Gasteiger partial charge in [-0.15, -0.1) is 0 Å². The third-order valence-corrected chi connectivity index (χ3v) is 2.82. The maximum absolute atomic E-state index is 12.2. The van der Waals surface area contributed by atoms with E-state index in [0.29, 0.717) is 17.1 Å². The fraction of sp³-hybridized carbons (Fsp3) is 0. The first-order valence-electron chi connectivity index (χ1n) is 6.27. The summed E-state index contributed by atoms with van der Waals surface area (Å²) in [5.41, 5.74) is 6.91. The van der Waals surface area contributed by atoms with Crippen molar-refractivity contribution in [3.05, 3.63) is 60.6 Å². The van der Waals surface area contributed by atoms with E-state index >= 15 is 0 Å². The molecule has 3 rings (SSSR count). The summed E-state index contributed by atoms with van der Waals surface area (Å²) in [7, 11) is 0. The molecule has 1 amide bonds. The lowest BCUT2D eigenvalue weighted by molar-refractivity contribution is 0.102. The number of nitrogens with one attached hydrogen (secondary N) is 1. The molecule has 0 fully saturated rings. The molecule has 3 aromatic rings. The first-order valence-corrected chi connectivity index (χ1v) is 6.27. The van der Waals surface area contributed by atoms with Crippen LogP contribution in [0.2, 0.25) is 0 Å². The van der Waals surface area contributed by atoms with Crippen LogP contribution in [0.25, 0.3) is 11.5 Å². The van der Waals surface area contributed by atoms with Crippen LogP contribution in [-0.2, 0) is 0 Å². The molecule has 6 nitrogen and oxygen atoms in total. The summed E-state index contributed by atoms with van der Waals surface area (Å²) in [5, 5.41) is 2.72. The van der Waals surface area contributed by atoms with E-state index in [1.807, 2.05) is 18.2 Å². The minimum Gasteiger partial charge on any atom is -0.463 e. The van der Waals surface area contributed by atoms with Crippen LogP contribution in [0.1, 0.15) is 13.3 Å². The Hall–Kier alpha value is -3.15. The molecule has 0 radical (unpaired) electrons. The first-order chi connectivity index (χ1) is 10.2. The Kier molecular flexibility index (Phi) is 3.34. The van der Waals surface area contributed by atoms with Crippen LogP contribution in [0.5, 0.6) is 0 Å². The topological polar surface area (TPSA) is 94.0 Å². The number of hydrogen-bond donors (Lipinski definition) is 2. The van der Waals surface area contributed by atoms with Crippen molar-refractivity contribution in [2.75, 3.05) is 11.1 Å². The Bertz CT molecular complexity index is 764. The van der Waals surface area contributed by atoms with Gasteiger partial charge >= 0.3 is 0 Å². The molecule has 108 valence electrons. The lowest BCUT2D eigenvalue weighted by atomic mass is 10.3. The Morgan fingerprint density at radius 2 is 2.00 bits per heavy atom. The van der Waals surface area contributed by atoms with Crippen LogP contribution in [-0.4, -0.2) is 15.9 Å². The van der Waals surface area contributed by atoms with E-state index in [1.165, 1.54) is 12.5 Å². The lowest BCUT2D eigenvalue weighted by Crippen LogP contribution is -2.17. The predicted molar refractivity (Wildman–Crippen MR) is 82.8 cm³/mol. The Morgan fingerprint density at radius 3 is 2.71 bits per heavy atom. The second kappa shape index (κ2) is 5.46. The molecule has 2 heterocycles. The normalized spacial score (nSPS) is 10.3. The van der Waals surface area contributed by atoms with Gasteiger partial charge in [0.15, 0.2) is 17.3 Å². The number of furan rings is 1. The third-order valence-electron chi connectivity index (χ3n) is 2.82. The number of rotatable bonds is 3. The molecule has 21 heavy (non-hydrogen) atoms. The average Bonchev–Trinajstić information content (AvgIpc) is 3.03. The van der Waals surface area contributed by atoms with Gasteiger partial charge in [0.05, 0.1) is 12.5 Å². The molecule has 3 N–H and O–H groups in total. The standard InChI is InChI=1S/C15H12N4O2.2H2/c16-14-13(15(20)18-10-5-2-1-3-6-10)19-11(9-17-14)12-7-4-8-21-12;;/h1-9H,(H2,16,17)(H,18,20);2*1H. The van der Waals surface area contributed by atoms with Crippen LogP contribution < -0.4 is 11.1 Å². The van der Waals surface area contributed by atoms with Gasteiger partial charge in [0.1, 0.15) is 5.69 Å². The molecular weight excluding hydrogens is 268 g/mol. The molecule has 1 aromatic carbocycles. The summed E-state index contributed by atoms with van der Waals surface area (Å²) >= 11 is 0. The van der Waals surface area contributed by atoms with Crippen molar-refractivity contribution < 1.29 is 12.1 Å². The highest BCUT2D eigenvalue weighted by atomic mass is 16.3. The number of amides is 1. The number of nitrogen functional groups attached to an aromatic ring is 1. The van der Waals surface area contributed by atoms with Gasteiger partial charge in [-0.05, 0) is 24.3 Å². The second-order valence-electron chi connectivity index (χ2n) is 4.29. The van der Waals surface area contributed by atoms with Gasteiger partial charge in [-0.1, -0.05) is 18.2 Å². The van der Waals surface area contributed by atoms with Gasteiger partial charge in [0, 0.05) is 8.54 Å². The van der Waals surface area contributed by atoms with Gasteiger partial charge in [0.25, 0.3) is 5.91 Å². The van der Waals surface area contributed by atoms with E-state index in [2.05, 4.69) is 15.3 Å². The third kappa shape index (κ3) is 2.74. The maximum Gasteiger partial charge on any atom is 0.278 e. The molecule has 0 aliphatic rings. The van der Waals surface area contributed by atoms with Crippen LogP contribution in [0.3, 0.4) is 0 Å². The number of carbonyl (C=O) groups is 1. The molecule has 0 aliphatic carbocycles. The Morgan fingerprint density at radius 1 is 1.19 bits per heavy atom. The van der Waals surface area contributed by atoms with Crippen molar-refractivity contribution in [3.8, 4) is 11.5 Å². The Labute approximate surface area is 123 Å². The monoisotopic (exact) mass is 284 g/mol. The minimum absolute atomic E-state index is 0. The number of hydrogen-bond acceptors (Lipinski definition) is 5. The number of nitrogens with zero attached hydrogens (tertiary/aromatic N) is 2. The highest BCUT2D eigenvalue weighted by Gasteiger charge is 2.15.